The number of aryl methyl sites for hydroxylation is 1. The second-order valence-corrected chi connectivity index (χ2v) is 7.74. The molecule has 0 aliphatic rings. The lowest BCUT2D eigenvalue weighted by molar-refractivity contribution is -0.113. The number of nitrogens with one attached hydrogen (secondary N) is 2. The summed E-state index contributed by atoms with van der Waals surface area (Å²) in [6.07, 6.45) is 0.737. The van der Waals surface area contributed by atoms with Crippen molar-refractivity contribution < 1.29 is 4.79 Å². The maximum absolute atomic E-state index is 12.3. The first-order valence-corrected chi connectivity index (χ1v) is 10.6. The minimum atomic E-state index is -0.196. The van der Waals surface area contributed by atoms with Gasteiger partial charge in [0.1, 0.15) is 0 Å². The molecule has 10 heteroatoms. The van der Waals surface area contributed by atoms with Crippen LogP contribution in [0.2, 0.25) is 5.02 Å². The van der Waals surface area contributed by atoms with Crippen LogP contribution in [-0.4, -0.2) is 32.2 Å². The molecule has 0 saturated heterocycles. The van der Waals surface area contributed by atoms with E-state index in [1.807, 2.05) is 50.2 Å². The van der Waals surface area contributed by atoms with Gasteiger partial charge in [-0.15, -0.1) is 10.2 Å². The number of nitrogens with zero attached hydrogens (tertiary/aromatic N) is 4. The fraction of sp³-hybridized carbons (Fsp3) is 0.200. The lowest BCUT2D eigenvalue weighted by Crippen LogP contribution is -2.17. The Labute approximate surface area is 183 Å². The number of hydrogen-bond donors (Lipinski definition) is 3. The summed E-state index contributed by atoms with van der Waals surface area (Å²) in [5.74, 6) is 6.25. The topological polar surface area (TPSA) is 110 Å². The summed E-state index contributed by atoms with van der Waals surface area (Å²) in [5.41, 5.74) is 6.32. The van der Waals surface area contributed by atoms with Crippen LogP contribution in [0, 0.1) is 6.92 Å². The van der Waals surface area contributed by atoms with Crippen molar-refractivity contribution in [2.45, 2.75) is 25.4 Å². The summed E-state index contributed by atoms with van der Waals surface area (Å²) in [6, 6.07) is 15.2. The lowest BCUT2D eigenvalue weighted by atomic mass is 10.1. The van der Waals surface area contributed by atoms with Gasteiger partial charge in [0.05, 0.1) is 11.5 Å². The first kappa shape index (κ1) is 21.7. The van der Waals surface area contributed by atoms with Crippen molar-refractivity contribution in [3.63, 3.8) is 0 Å². The van der Waals surface area contributed by atoms with Crippen LogP contribution in [-0.2, 0) is 4.79 Å². The number of carbonyl (C=O) groups is 1. The molecule has 0 spiro atoms. The van der Waals surface area contributed by atoms with Crippen LogP contribution in [0.1, 0.15) is 24.5 Å². The quantitative estimate of drug-likeness (QED) is 0.211. The molecule has 8 nitrogen and oxygen atoms in total. The predicted octanol–water partition coefficient (Wildman–Crippen LogP) is 3.91. The predicted molar refractivity (Wildman–Crippen MR) is 123 cm³/mol. The minimum Gasteiger partial charge on any atom is -0.334 e. The van der Waals surface area contributed by atoms with Crippen molar-refractivity contribution in [2.75, 3.05) is 22.3 Å². The van der Waals surface area contributed by atoms with Gasteiger partial charge in [0, 0.05) is 10.7 Å². The zero-order chi connectivity index (χ0) is 21.5. The Bertz CT molecular complexity index is 1050. The first-order valence-electron chi connectivity index (χ1n) is 9.25. The van der Waals surface area contributed by atoms with E-state index in [4.69, 9.17) is 17.4 Å². The Kier molecular flexibility index (Phi) is 7.31. The zero-order valence-electron chi connectivity index (χ0n) is 16.6. The van der Waals surface area contributed by atoms with Crippen LogP contribution in [0.15, 0.2) is 58.8 Å². The molecule has 4 N–H and O–H groups in total. The first-order chi connectivity index (χ1) is 14.5. The number of nitrogen functional groups attached to an aromatic ring is 1. The monoisotopic (exact) mass is 443 g/mol. The molecule has 1 aromatic heterocycles. The van der Waals surface area contributed by atoms with Gasteiger partial charge in [-0.05, 0) is 36.6 Å². The molecule has 3 aromatic rings. The van der Waals surface area contributed by atoms with E-state index in [0.29, 0.717) is 15.9 Å². The van der Waals surface area contributed by atoms with E-state index in [-0.39, 0.29) is 17.6 Å². The normalized spacial score (nSPS) is 11.4. The van der Waals surface area contributed by atoms with Gasteiger partial charge in [0.25, 0.3) is 5.95 Å². The summed E-state index contributed by atoms with van der Waals surface area (Å²) in [5, 5.41) is 16.2. The largest absolute Gasteiger partial charge is 0.334 e. The fourth-order valence-electron chi connectivity index (χ4n) is 2.59. The second-order valence-electron chi connectivity index (χ2n) is 6.36. The molecule has 0 unspecified atom stereocenters. The fourth-order valence-corrected chi connectivity index (χ4v) is 3.42. The summed E-state index contributed by atoms with van der Waals surface area (Å²) in [7, 11) is 0. The number of amides is 1. The lowest BCUT2D eigenvalue weighted by Gasteiger charge is -2.08. The molecule has 0 saturated carbocycles. The number of aromatic nitrogens is 3. The summed E-state index contributed by atoms with van der Waals surface area (Å²) < 4.78 is 1.27. The molecule has 1 heterocycles. The Morgan fingerprint density at radius 2 is 2.00 bits per heavy atom. The average Bonchev–Trinajstić information content (AvgIpc) is 3.10. The average molecular weight is 444 g/mol. The molecular formula is C20H22ClN7OS. The number of hydrogen-bond acceptors (Lipinski definition) is 7. The standard InChI is InChI=1S/C20H22ClN7OS/c1-3-16(14-7-5-4-6-8-14)24-25-19-26-27-20(28(19)22)30-12-18(29)23-17-11-15(21)10-9-13(17)2/h4-11H,3,12,22H2,1-2H3,(H,23,29)(H,25,26)/b24-16+. The maximum Gasteiger partial charge on any atom is 0.264 e. The number of hydrazone groups is 1. The summed E-state index contributed by atoms with van der Waals surface area (Å²) >= 11 is 7.16. The third kappa shape index (κ3) is 5.52. The van der Waals surface area contributed by atoms with Gasteiger partial charge >= 0.3 is 0 Å². The molecule has 3 rings (SSSR count). The third-order valence-electron chi connectivity index (χ3n) is 4.20. The molecule has 30 heavy (non-hydrogen) atoms. The highest BCUT2D eigenvalue weighted by Gasteiger charge is 2.13. The van der Waals surface area contributed by atoms with Crippen LogP contribution in [0.5, 0.6) is 0 Å². The van der Waals surface area contributed by atoms with Gasteiger partial charge in [0.2, 0.25) is 11.1 Å². The molecule has 156 valence electrons. The molecule has 0 bridgehead atoms. The number of halogens is 1. The molecule has 0 aliphatic carbocycles. The second kappa shape index (κ2) is 10.1. The SMILES string of the molecule is CC/C(=N\Nc1nnc(SCC(=O)Nc2cc(Cl)ccc2C)n1N)c1ccccc1. The van der Waals surface area contributed by atoms with Gasteiger partial charge in [-0.25, -0.2) is 10.1 Å². The zero-order valence-corrected chi connectivity index (χ0v) is 18.2. The van der Waals surface area contributed by atoms with Gasteiger partial charge in [-0.2, -0.15) is 5.10 Å². The van der Waals surface area contributed by atoms with E-state index in [1.165, 1.54) is 16.4 Å². The van der Waals surface area contributed by atoms with E-state index in [2.05, 4.69) is 26.0 Å². The smallest absolute Gasteiger partial charge is 0.264 e. The van der Waals surface area contributed by atoms with E-state index >= 15 is 0 Å². The molecule has 2 aromatic carbocycles. The Morgan fingerprint density at radius 3 is 2.73 bits per heavy atom. The van der Waals surface area contributed by atoms with Gasteiger partial charge in [-0.3, -0.25) is 4.79 Å². The number of carbonyl (C=O) groups excluding carboxylic acids is 1. The van der Waals surface area contributed by atoms with E-state index in [9.17, 15) is 4.79 Å². The minimum absolute atomic E-state index is 0.120. The van der Waals surface area contributed by atoms with Crippen LogP contribution < -0.4 is 16.6 Å². The molecule has 1 amide bonds. The van der Waals surface area contributed by atoms with Crippen molar-refractivity contribution in [3.8, 4) is 0 Å². The Balaban J connectivity index is 1.60. The third-order valence-corrected chi connectivity index (χ3v) is 5.38. The van der Waals surface area contributed by atoms with Crippen molar-refractivity contribution in [2.24, 2.45) is 5.10 Å². The van der Waals surface area contributed by atoms with Crippen LogP contribution >= 0.6 is 23.4 Å². The summed E-state index contributed by atoms with van der Waals surface area (Å²) in [4.78, 5) is 12.3. The van der Waals surface area contributed by atoms with Crippen LogP contribution in [0.25, 0.3) is 0 Å². The Morgan fingerprint density at radius 1 is 1.23 bits per heavy atom. The number of rotatable bonds is 8. The molecule has 0 radical (unpaired) electrons. The van der Waals surface area contributed by atoms with E-state index < -0.39 is 0 Å². The van der Waals surface area contributed by atoms with Crippen LogP contribution in [0.3, 0.4) is 0 Å². The van der Waals surface area contributed by atoms with Gasteiger partial charge < -0.3 is 11.2 Å². The molecular weight excluding hydrogens is 422 g/mol. The van der Waals surface area contributed by atoms with Gasteiger partial charge in [0.15, 0.2) is 0 Å². The van der Waals surface area contributed by atoms with E-state index in [0.717, 1.165) is 23.3 Å². The maximum atomic E-state index is 12.3. The Hall–Kier alpha value is -3.04. The molecule has 0 fully saturated rings. The molecule has 0 aliphatic heterocycles. The van der Waals surface area contributed by atoms with Crippen molar-refractivity contribution in [3.05, 3.63) is 64.7 Å². The number of nitrogens with two attached hydrogens (primary N) is 1. The van der Waals surface area contributed by atoms with Crippen molar-refractivity contribution in [1.29, 1.82) is 0 Å². The van der Waals surface area contributed by atoms with E-state index in [1.54, 1.807) is 12.1 Å². The van der Waals surface area contributed by atoms with Crippen LogP contribution in [0.4, 0.5) is 11.6 Å². The number of anilines is 2. The van der Waals surface area contributed by atoms with Gasteiger partial charge in [-0.1, -0.05) is 66.7 Å². The highest BCUT2D eigenvalue weighted by molar-refractivity contribution is 7.99. The molecule has 0 atom stereocenters. The van der Waals surface area contributed by atoms with Crippen molar-refractivity contribution >= 4 is 46.6 Å². The number of benzene rings is 2. The highest BCUT2D eigenvalue weighted by atomic mass is 35.5. The van der Waals surface area contributed by atoms with Crippen molar-refractivity contribution in [1.82, 2.24) is 14.9 Å². The number of thioether (sulfide) groups is 1. The summed E-state index contributed by atoms with van der Waals surface area (Å²) in [6.45, 7) is 3.91. The highest BCUT2D eigenvalue weighted by Crippen LogP contribution is 2.22.